The van der Waals surface area contributed by atoms with Gasteiger partial charge in [0.25, 0.3) is 0 Å². The Kier molecular flexibility index (Phi) is 3.11. The summed E-state index contributed by atoms with van der Waals surface area (Å²) in [6.45, 7) is 2.55. The highest BCUT2D eigenvalue weighted by Crippen LogP contribution is 2.38. The molecule has 0 spiro atoms. The lowest BCUT2D eigenvalue weighted by molar-refractivity contribution is -0.129. The molecule has 102 valence electrons. The van der Waals surface area contributed by atoms with Crippen molar-refractivity contribution in [2.75, 3.05) is 6.54 Å². The zero-order chi connectivity index (χ0) is 13.5. The number of allylic oxidation sites excluding steroid dienone is 1. The Hall–Kier alpha value is -1.33. The Morgan fingerprint density at radius 1 is 1.21 bits per heavy atom. The van der Waals surface area contributed by atoms with Crippen molar-refractivity contribution in [3.63, 3.8) is 0 Å². The Morgan fingerprint density at radius 2 is 1.95 bits per heavy atom. The average Bonchev–Trinajstić information content (AvgIpc) is 2.76. The summed E-state index contributed by atoms with van der Waals surface area (Å²) in [5.41, 5.74) is 0. The average molecular weight is 279 g/mol. The van der Waals surface area contributed by atoms with E-state index < -0.39 is 9.84 Å². The molecule has 1 saturated heterocycles. The molecule has 1 atom stereocenters. The fourth-order valence-corrected chi connectivity index (χ4v) is 4.61. The van der Waals surface area contributed by atoms with Crippen molar-refractivity contribution in [3.8, 4) is 0 Å². The minimum atomic E-state index is -3.45. The molecule has 3 rings (SSSR count). The summed E-state index contributed by atoms with van der Waals surface area (Å²) in [5.74, 6) is 0.524. The van der Waals surface area contributed by atoms with Crippen LogP contribution in [-0.2, 0) is 14.7 Å². The maximum atomic E-state index is 12.7. The van der Waals surface area contributed by atoms with Crippen LogP contribution in [0.4, 0.5) is 0 Å². The molecule has 0 aliphatic carbocycles. The SMILES string of the molecule is CC1=C(S(=O)(=O)c2ccccc2)[C@@H]2CCCCN2O1. The summed E-state index contributed by atoms with van der Waals surface area (Å²) in [7, 11) is -3.45. The van der Waals surface area contributed by atoms with E-state index in [2.05, 4.69) is 0 Å². The molecule has 0 radical (unpaired) electrons. The Labute approximate surface area is 113 Å². The summed E-state index contributed by atoms with van der Waals surface area (Å²) in [4.78, 5) is 6.41. The van der Waals surface area contributed by atoms with Crippen molar-refractivity contribution in [1.82, 2.24) is 5.06 Å². The molecule has 1 aromatic rings. The number of nitrogens with zero attached hydrogens (tertiary/aromatic N) is 1. The van der Waals surface area contributed by atoms with E-state index in [4.69, 9.17) is 4.84 Å². The normalized spacial score (nSPS) is 24.2. The molecule has 0 saturated carbocycles. The first kappa shape index (κ1) is 12.7. The fraction of sp³-hybridized carbons (Fsp3) is 0.429. The van der Waals surface area contributed by atoms with Gasteiger partial charge in [0.15, 0.2) is 0 Å². The van der Waals surface area contributed by atoms with Gasteiger partial charge >= 0.3 is 0 Å². The third-order valence-electron chi connectivity index (χ3n) is 3.70. The van der Waals surface area contributed by atoms with Gasteiger partial charge in [0, 0.05) is 6.54 Å². The predicted molar refractivity (Wildman–Crippen MR) is 71.8 cm³/mol. The predicted octanol–water partition coefficient (Wildman–Crippen LogP) is 2.49. The zero-order valence-corrected chi connectivity index (χ0v) is 11.7. The van der Waals surface area contributed by atoms with Gasteiger partial charge < -0.3 is 4.84 Å². The molecule has 1 aromatic carbocycles. The fourth-order valence-electron chi connectivity index (χ4n) is 2.83. The van der Waals surface area contributed by atoms with Crippen LogP contribution in [0.5, 0.6) is 0 Å². The van der Waals surface area contributed by atoms with E-state index >= 15 is 0 Å². The number of hydrogen-bond donors (Lipinski definition) is 0. The van der Waals surface area contributed by atoms with Gasteiger partial charge in [0.2, 0.25) is 9.84 Å². The number of piperidine rings is 1. The van der Waals surface area contributed by atoms with Gasteiger partial charge in [-0.2, -0.15) is 0 Å². The van der Waals surface area contributed by atoms with Crippen molar-refractivity contribution in [1.29, 1.82) is 0 Å². The van der Waals surface area contributed by atoms with Crippen LogP contribution < -0.4 is 0 Å². The smallest absolute Gasteiger partial charge is 0.207 e. The largest absolute Gasteiger partial charge is 0.409 e. The maximum absolute atomic E-state index is 12.7. The third-order valence-corrected chi connectivity index (χ3v) is 5.73. The maximum Gasteiger partial charge on any atom is 0.207 e. The van der Waals surface area contributed by atoms with E-state index in [0.29, 0.717) is 15.6 Å². The van der Waals surface area contributed by atoms with E-state index in [1.54, 1.807) is 31.2 Å². The molecule has 0 bridgehead atoms. The second kappa shape index (κ2) is 4.65. The first-order valence-corrected chi connectivity index (χ1v) is 8.04. The highest BCUT2D eigenvalue weighted by molar-refractivity contribution is 7.95. The third kappa shape index (κ3) is 2.07. The summed E-state index contributed by atoms with van der Waals surface area (Å²) < 4.78 is 25.5. The quantitative estimate of drug-likeness (QED) is 0.834. The molecule has 2 aliphatic rings. The lowest BCUT2D eigenvalue weighted by Gasteiger charge is -2.28. The van der Waals surface area contributed by atoms with Crippen molar-refractivity contribution in [2.45, 2.75) is 37.1 Å². The number of hydroxylamine groups is 2. The van der Waals surface area contributed by atoms with E-state index in [1.165, 1.54) is 0 Å². The summed E-state index contributed by atoms with van der Waals surface area (Å²) >= 11 is 0. The van der Waals surface area contributed by atoms with Crippen LogP contribution in [0, 0.1) is 0 Å². The highest BCUT2D eigenvalue weighted by Gasteiger charge is 2.42. The van der Waals surface area contributed by atoms with Crippen molar-refractivity contribution < 1.29 is 13.3 Å². The van der Waals surface area contributed by atoms with Crippen LogP contribution in [0.25, 0.3) is 0 Å². The molecule has 0 unspecified atom stereocenters. The molecule has 0 amide bonds. The molecular weight excluding hydrogens is 262 g/mol. The van der Waals surface area contributed by atoms with Gasteiger partial charge in [-0.3, -0.25) is 0 Å². The Morgan fingerprint density at radius 3 is 2.68 bits per heavy atom. The Balaban J connectivity index is 2.03. The standard InChI is InChI=1S/C14H17NO3S/c1-11-14(13-9-5-6-10-15(13)18-11)19(16,17)12-7-3-2-4-8-12/h2-4,7-8,13H,5-6,9-10H2,1H3/t13-/m0/s1. The van der Waals surface area contributed by atoms with Crippen LogP contribution in [0.3, 0.4) is 0 Å². The summed E-state index contributed by atoms with van der Waals surface area (Å²) in [6, 6.07) is 8.48. The van der Waals surface area contributed by atoms with E-state index in [0.717, 1.165) is 25.8 Å². The van der Waals surface area contributed by atoms with Crippen LogP contribution in [0.2, 0.25) is 0 Å². The molecule has 0 N–H and O–H groups in total. The van der Waals surface area contributed by atoms with Crippen LogP contribution in [0.15, 0.2) is 45.9 Å². The molecule has 5 heteroatoms. The van der Waals surface area contributed by atoms with E-state index in [-0.39, 0.29) is 6.04 Å². The van der Waals surface area contributed by atoms with Gasteiger partial charge in [0.05, 0.1) is 10.9 Å². The zero-order valence-electron chi connectivity index (χ0n) is 10.9. The topological polar surface area (TPSA) is 46.6 Å². The lowest BCUT2D eigenvalue weighted by atomic mass is 10.0. The van der Waals surface area contributed by atoms with Crippen LogP contribution in [0.1, 0.15) is 26.2 Å². The van der Waals surface area contributed by atoms with E-state index in [9.17, 15) is 8.42 Å². The second-order valence-corrected chi connectivity index (χ2v) is 6.90. The van der Waals surface area contributed by atoms with Crippen molar-refractivity contribution >= 4 is 9.84 Å². The van der Waals surface area contributed by atoms with Gasteiger partial charge in [-0.1, -0.05) is 18.2 Å². The van der Waals surface area contributed by atoms with Gasteiger partial charge in [-0.25, -0.2) is 8.42 Å². The summed E-state index contributed by atoms with van der Waals surface area (Å²) in [6.07, 6.45) is 2.95. The Bertz CT molecular complexity index is 607. The number of benzene rings is 1. The van der Waals surface area contributed by atoms with Gasteiger partial charge in [0.1, 0.15) is 10.7 Å². The number of sulfone groups is 1. The molecule has 0 aromatic heterocycles. The van der Waals surface area contributed by atoms with Gasteiger partial charge in [-0.05, 0) is 38.3 Å². The molecule has 4 nitrogen and oxygen atoms in total. The molecule has 19 heavy (non-hydrogen) atoms. The van der Waals surface area contributed by atoms with Gasteiger partial charge in [-0.15, -0.1) is 5.06 Å². The highest BCUT2D eigenvalue weighted by atomic mass is 32.2. The molecule has 2 aliphatic heterocycles. The van der Waals surface area contributed by atoms with Crippen molar-refractivity contribution in [3.05, 3.63) is 41.0 Å². The first-order chi connectivity index (χ1) is 9.10. The molecular formula is C14H17NO3S. The number of hydrogen-bond acceptors (Lipinski definition) is 4. The minimum Gasteiger partial charge on any atom is -0.409 e. The van der Waals surface area contributed by atoms with Crippen LogP contribution in [-0.4, -0.2) is 26.1 Å². The summed E-state index contributed by atoms with van der Waals surface area (Å²) in [5, 5.41) is 1.81. The monoisotopic (exact) mass is 279 g/mol. The second-order valence-electron chi connectivity index (χ2n) is 4.98. The minimum absolute atomic E-state index is 0.112. The molecule has 1 fully saturated rings. The van der Waals surface area contributed by atoms with Crippen molar-refractivity contribution in [2.24, 2.45) is 0 Å². The molecule has 2 heterocycles. The number of rotatable bonds is 2. The van der Waals surface area contributed by atoms with E-state index in [1.807, 2.05) is 11.1 Å². The first-order valence-electron chi connectivity index (χ1n) is 6.56. The number of fused-ring (bicyclic) bond motifs is 1. The lowest BCUT2D eigenvalue weighted by Crippen LogP contribution is -2.36. The van der Waals surface area contributed by atoms with Crippen LogP contribution >= 0.6 is 0 Å².